The van der Waals surface area contributed by atoms with Crippen LogP contribution < -0.4 is 5.32 Å². The highest BCUT2D eigenvalue weighted by molar-refractivity contribution is 5.77. The number of morpholine rings is 1. The van der Waals surface area contributed by atoms with Crippen LogP contribution in [0.25, 0.3) is 0 Å². The van der Waals surface area contributed by atoms with Gasteiger partial charge in [-0.15, -0.1) is 0 Å². The molecule has 112 valence electrons. The van der Waals surface area contributed by atoms with E-state index in [4.69, 9.17) is 4.74 Å². The Bertz CT molecular complexity index is 239. The largest absolute Gasteiger partial charge is 0.379 e. The van der Waals surface area contributed by atoms with Gasteiger partial charge in [0.05, 0.1) is 19.8 Å². The summed E-state index contributed by atoms with van der Waals surface area (Å²) >= 11 is 0. The predicted octanol–water partition coefficient (Wildman–Crippen LogP) is 0.557. The van der Waals surface area contributed by atoms with E-state index in [0.29, 0.717) is 6.54 Å². The van der Waals surface area contributed by atoms with E-state index < -0.39 is 0 Å². The first-order chi connectivity index (χ1) is 9.26. The summed E-state index contributed by atoms with van der Waals surface area (Å²) < 4.78 is 5.26. The summed E-state index contributed by atoms with van der Waals surface area (Å²) in [6.45, 7) is 12.3. The zero-order chi connectivity index (χ0) is 13.9. The number of carbonyl (C=O) groups excluding carboxylic acids is 1. The number of ether oxygens (including phenoxy) is 1. The molecule has 0 aromatic carbocycles. The zero-order valence-corrected chi connectivity index (χ0v) is 12.5. The van der Waals surface area contributed by atoms with Crippen molar-refractivity contribution < 1.29 is 9.53 Å². The van der Waals surface area contributed by atoms with Crippen LogP contribution in [0.4, 0.5) is 0 Å². The van der Waals surface area contributed by atoms with Crippen LogP contribution in [0.15, 0.2) is 0 Å². The van der Waals surface area contributed by atoms with Gasteiger partial charge in [0.1, 0.15) is 0 Å². The molecular weight excluding hydrogens is 242 g/mol. The van der Waals surface area contributed by atoms with Gasteiger partial charge in [0.25, 0.3) is 0 Å². The van der Waals surface area contributed by atoms with E-state index >= 15 is 0 Å². The maximum absolute atomic E-state index is 11.7. The fourth-order valence-corrected chi connectivity index (χ4v) is 2.25. The van der Waals surface area contributed by atoms with Crippen LogP contribution in [0.2, 0.25) is 0 Å². The Balaban J connectivity index is 1.97. The van der Waals surface area contributed by atoms with Crippen molar-refractivity contribution in [2.75, 3.05) is 59.0 Å². The minimum atomic E-state index is 0.143. The van der Waals surface area contributed by atoms with Crippen molar-refractivity contribution in [3.05, 3.63) is 0 Å². The molecule has 19 heavy (non-hydrogen) atoms. The smallest absolute Gasteiger partial charge is 0.234 e. The monoisotopic (exact) mass is 271 g/mol. The third-order valence-corrected chi connectivity index (χ3v) is 3.59. The van der Waals surface area contributed by atoms with Crippen molar-refractivity contribution in [3.63, 3.8) is 0 Å². The highest BCUT2D eigenvalue weighted by Crippen LogP contribution is 1.96. The lowest BCUT2D eigenvalue weighted by Gasteiger charge is -2.25. The lowest BCUT2D eigenvalue weighted by Crippen LogP contribution is -2.43. The van der Waals surface area contributed by atoms with Crippen LogP contribution in [-0.4, -0.2) is 74.7 Å². The second-order valence-electron chi connectivity index (χ2n) is 4.97. The van der Waals surface area contributed by atoms with Gasteiger partial charge in [-0.05, 0) is 32.5 Å². The molecule has 0 aromatic heterocycles. The van der Waals surface area contributed by atoms with Gasteiger partial charge in [-0.25, -0.2) is 0 Å². The summed E-state index contributed by atoms with van der Waals surface area (Å²) in [6.07, 6.45) is 2.21. The van der Waals surface area contributed by atoms with Crippen molar-refractivity contribution >= 4 is 5.91 Å². The molecule has 1 aliphatic heterocycles. The second kappa shape index (κ2) is 10.2. The standard InChI is InChI=1S/C14H29N3O2/c1-3-16(4-2)8-6-5-7-15-14(18)13-17-9-11-19-12-10-17/h3-13H2,1-2H3,(H,15,18). The number of unbranched alkanes of at least 4 members (excludes halogenated alkanes) is 1. The quantitative estimate of drug-likeness (QED) is 0.622. The fraction of sp³-hybridized carbons (Fsp3) is 0.929. The number of carbonyl (C=O) groups is 1. The van der Waals surface area contributed by atoms with Crippen LogP contribution in [0.5, 0.6) is 0 Å². The molecule has 1 saturated heterocycles. The fourth-order valence-electron chi connectivity index (χ4n) is 2.25. The van der Waals surface area contributed by atoms with Crippen molar-refractivity contribution in [1.82, 2.24) is 15.1 Å². The maximum atomic E-state index is 11.7. The molecule has 0 aromatic rings. The lowest BCUT2D eigenvalue weighted by atomic mass is 10.3. The van der Waals surface area contributed by atoms with Crippen LogP contribution in [0, 0.1) is 0 Å². The van der Waals surface area contributed by atoms with Crippen LogP contribution in [-0.2, 0) is 9.53 Å². The number of nitrogens with zero attached hydrogens (tertiary/aromatic N) is 2. The molecule has 0 unspecified atom stereocenters. The zero-order valence-electron chi connectivity index (χ0n) is 12.5. The molecule has 1 N–H and O–H groups in total. The highest BCUT2D eigenvalue weighted by atomic mass is 16.5. The topological polar surface area (TPSA) is 44.8 Å². The Morgan fingerprint density at radius 1 is 1.21 bits per heavy atom. The molecule has 1 heterocycles. The molecule has 1 aliphatic rings. The van der Waals surface area contributed by atoms with Crippen molar-refractivity contribution in [1.29, 1.82) is 0 Å². The number of rotatable bonds is 9. The minimum absolute atomic E-state index is 0.143. The SMILES string of the molecule is CCN(CC)CCCCNC(=O)CN1CCOCC1. The maximum Gasteiger partial charge on any atom is 0.234 e. The Hall–Kier alpha value is -0.650. The van der Waals surface area contributed by atoms with E-state index in [9.17, 15) is 4.79 Å². The molecule has 0 spiro atoms. The molecule has 5 heteroatoms. The molecule has 0 aliphatic carbocycles. The van der Waals surface area contributed by atoms with Gasteiger partial charge in [-0.3, -0.25) is 9.69 Å². The first-order valence-electron chi connectivity index (χ1n) is 7.55. The Morgan fingerprint density at radius 2 is 1.89 bits per heavy atom. The van der Waals surface area contributed by atoms with Crippen molar-refractivity contribution in [2.45, 2.75) is 26.7 Å². The van der Waals surface area contributed by atoms with Gasteiger partial charge >= 0.3 is 0 Å². The average Bonchev–Trinajstić information content (AvgIpc) is 2.44. The van der Waals surface area contributed by atoms with Crippen LogP contribution in [0.1, 0.15) is 26.7 Å². The highest BCUT2D eigenvalue weighted by Gasteiger charge is 2.13. The van der Waals surface area contributed by atoms with Gasteiger partial charge in [0, 0.05) is 19.6 Å². The first kappa shape index (κ1) is 16.4. The van der Waals surface area contributed by atoms with Gasteiger partial charge in [0.15, 0.2) is 0 Å². The Morgan fingerprint density at radius 3 is 2.53 bits per heavy atom. The van der Waals surface area contributed by atoms with E-state index in [0.717, 1.165) is 65.3 Å². The summed E-state index contributed by atoms with van der Waals surface area (Å²) in [6, 6.07) is 0. The molecule has 1 rings (SSSR count). The summed E-state index contributed by atoms with van der Waals surface area (Å²) in [5.41, 5.74) is 0. The molecule has 1 amide bonds. The van der Waals surface area contributed by atoms with Crippen molar-refractivity contribution in [3.8, 4) is 0 Å². The Labute approximate surface area is 117 Å². The van der Waals surface area contributed by atoms with Crippen LogP contribution in [0.3, 0.4) is 0 Å². The summed E-state index contributed by atoms with van der Waals surface area (Å²) in [7, 11) is 0. The van der Waals surface area contributed by atoms with Gasteiger partial charge in [0.2, 0.25) is 5.91 Å². The van der Waals surface area contributed by atoms with Gasteiger partial charge in [-0.1, -0.05) is 13.8 Å². The molecule has 0 bridgehead atoms. The normalized spacial score (nSPS) is 16.8. The van der Waals surface area contributed by atoms with E-state index in [2.05, 4.69) is 29.0 Å². The number of nitrogens with one attached hydrogen (secondary N) is 1. The molecule has 1 fully saturated rings. The predicted molar refractivity (Wildman–Crippen MR) is 77.3 cm³/mol. The van der Waals surface area contributed by atoms with Gasteiger partial charge in [-0.2, -0.15) is 0 Å². The van der Waals surface area contributed by atoms with Crippen LogP contribution >= 0.6 is 0 Å². The summed E-state index contributed by atoms with van der Waals surface area (Å²) in [5, 5.41) is 3.00. The van der Waals surface area contributed by atoms with E-state index in [1.54, 1.807) is 0 Å². The average molecular weight is 271 g/mol. The molecule has 5 nitrogen and oxygen atoms in total. The van der Waals surface area contributed by atoms with Gasteiger partial charge < -0.3 is 15.0 Å². The molecule has 0 atom stereocenters. The molecule has 0 saturated carbocycles. The number of amides is 1. The molecular formula is C14H29N3O2. The molecule has 0 radical (unpaired) electrons. The number of hydrogen-bond acceptors (Lipinski definition) is 4. The summed E-state index contributed by atoms with van der Waals surface area (Å²) in [5.74, 6) is 0.143. The first-order valence-corrected chi connectivity index (χ1v) is 7.55. The van der Waals surface area contributed by atoms with E-state index in [1.807, 2.05) is 0 Å². The third kappa shape index (κ3) is 7.50. The minimum Gasteiger partial charge on any atom is -0.379 e. The third-order valence-electron chi connectivity index (χ3n) is 3.59. The second-order valence-corrected chi connectivity index (χ2v) is 4.97. The summed E-state index contributed by atoms with van der Waals surface area (Å²) in [4.78, 5) is 16.3. The Kier molecular flexibility index (Phi) is 8.79. The number of hydrogen-bond donors (Lipinski definition) is 1. The van der Waals surface area contributed by atoms with Crippen molar-refractivity contribution in [2.24, 2.45) is 0 Å². The van der Waals surface area contributed by atoms with E-state index in [-0.39, 0.29) is 5.91 Å². The van der Waals surface area contributed by atoms with E-state index in [1.165, 1.54) is 0 Å². The lowest BCUT2D eigenvalue weighted by molar-refractivity contribution is -0.123.